The summed E-state index contributed by atoms with van der Waals surface area (Å²) in [5.74, 6) is 1.01. The first kappa shape index (κ1) is 12.0. The van der Waals surface area contributed by atoms with Crippen LogP contribution >= 0.6 is 0 Å². The van der Waals surface area contributed by atoms with Gasteiger partial charge in [0.25, 0.3) is 0 Å². The van der Waals surface area contributed by atoms with Gasteiger partial charge in [0.15, 0.2) is 0 Å². The molecule has 0 N–H and O–H groups in total. The topological polar surface area (TPSA) is 9.23 Å². The number of ether oxygens (including phenoxy) is 1. The molecular weight excluding hydrogens is 208 g/mol. The summed E-state index contributed by atoms with van der Waals surface area (Å²) in [6.45, 7) is 9.40. The van der Waals surface area contributed by atoms with E-state index in [1.54, 1.807) is 0 Å². The lowest BCUT2D eigenvalue weighted by Crippen LogP contribution is -2.13. The predicted octanol–water partition coefficient (Wildman–Crippen LogP) is 4.54. The molecule has 2 aromatic carbocycles. The van der Waals surface area contributed by atoms with E-state index in [2.05, 4.69) is 57.2 Å². The van der Waals surface area contributed by atoms with Gasteiger partial charge in [-0.3, -0.25) is 0 Å². The van der Waals surface area contributed by atoms with Gasteiger partial charge in [-0.15, -0.1) is 0 Å². The first-order valence-electron chi connectivity index (χ1n) is 6.18. The molecule has 0 saturated heterocycles. The van der Waals surface area contributed by atoms with Gasteiger partial charge in [-0.05, 0) is 35.2 Å². The predicted molar refractivity (Wildman–Crippen MR) is 73.8 cm³/mol. The normalized spacial score (nSPS) is 11.8. The molecule has 0 saturated carbocycles. The third-order valence-corrected chi connectivity index (χ3v) is 2.96. The number of hydrogen-bond donors (Lipinski definition) is 0. The molecule has 0 bridgehead atoms. The standard InChI is InChI=1S/C16H20O/c1-5-17-15-11-13-9-7-6-8-12(13)10-14(15)16(2,3)4/h6-11H,5H2,1-4H3. The summed E-state index contributed by atoms with van der Waals surface area (Å²) in [7, 11) is 0. The average Bonchev–Trinajstić information content (AvgIpc) is 2.27. The smallest absolute Gasteiger partial charge is 0.123 e. The van der Waals surface area contributed by atoms with Crippen LogP contribution in [0, 0.1) is 0 Å². The molecule has 2 aromatic rings. The number of rotatable bonds is 2. The van der Waals surface area contributed by atoms with Crippen LogP contribution < -0.4 is 4.74 Å². The molecule has 0 fully saturated rings. The van der Waals surface area contributed by atoms with E-state index in [0.717, 1.165) is 5.75 Å². The molecule has 2 rings (SSSR count). The van der Waals surface area contributed by atoms with Crippen molar-refractivity contribution in [2.75, 3.05) is 6.61 Å². The zero-order chi connectivity index (χ0) is 12.5. The lowest BCUT2D eigenvalue weighted by molar-refractivity contribution is 0.330. The number of fused-ring (bicyclic) bond motifs is 1. The minimum absolute atomic E-state index is 0.106. The minimum Gasteiger partial charge on any atom is -0.494 e. The van der Waals surface area contributed by atoms with Crippen LogP contribution in [-0.4, -0.2) is 6.61 Å². The van der Waals surface area contributed by atoms with E-state index in [9.17, 15) is 0 Å². The Morgan fingerprint density at radius 3 is 2.12 bits per heavy atom. The molecule has 0 aliphatic rings. The van der Waals surface area contributed by atoms with Gasteiger partial charge in [-0.2, -0.15) is 0 Å². The summed E-state index contributed by atoms with van der Waals surface area (Å²) in [5.41, 5.74) is 1.38. The first-order valence-corrected chi connectivity index (χ1v) is 6.18. The zero-order valence-electron chi connectivity index (χ0n) is 11.1. The van der Waals surface area contributed by atoms with Gasteiger partial charge in [0.1, 0.15) is 5.75 Å². The second-order valence-corrected chi connectivity index (χ2v) is 5.38. The Bertz CT molecular complexity index is 521. The van der Waals surface area contributed by atoms with Crippen LogP contribution in [0.1, 0.15) is 33.3 Å². The van der Waals surface area contributed by atoms with Crippen molar-refractivity contribution >= 4 is 10.8 Å². The average molecular weight is 228 g/mol. The van der Waals surface area contributed by atoms with Gasteiger partial charge in [0.05, 0.1) is 6.61 Å². The van der Waals surface area contributed by atoms with E-state index in [1.807, 2.05) is 6.92 Å². The maximum absolute atomic E-state index is 5.77. The highest BCUT2D eigenvalue weighted by Gasteiger charge is 2.19. The highest BCUT2D eigenvalue weighted by atomic mass is 16.5. The summed E-state index contributed by atoms with van der Waals surface area (Å²) in [4.78, 5) is 0. The second-order valence-electron chi connectivity index (χ2n) is 5.38. The van der Waals surface area contributed by atoms with Crippen molar-refractivity contribution in [3.8, 4) is 5.75 Å². The lowest BCUT2D eigenvalue weighted by Gasteiger charge is -2.23. The Morgan fingerprint density at radius 2 is 1.59 bits per heavy atom. The second kappa shape index (κ2) is 4.40. The summed E-state index contributed by atoms with van der Waals surface area (Å²) < 4.78 is 5.77. The van der Waals surface area contributed by atoms with Crippen molar-refractivity contribution in [1.29, 1.82) is 0 Å². The van der Waals surface area contributed by atoms with Crippen molar-refractivity contribution < 1.29 is 4.74 Å². The molecule has 0 amide bonds. The van der Waals surface area contributed by atoms with E-state index >= 15 is 0 Å². The van der Waals surface area contributed by atoms with E-state index in [1.165, 1.54) is 16.3 Å². The molecule has 1 nitrogen and oxygen atoms in total. The molecule has 0 atom stereocenters. The van der Waals surface area contributed by atoms with Crippen molar-refractivity contribution in [2.45, 2.75) is 33.1 Å². The van der Waals surface area contributed by atoms with Crippen LogP contribution in [0.2, 0.25) is 0 Å². The SMILES string of the molecule is CCOc1cc2ccccc2cc1C(C)(C)C. The van der Waals surface area contributed by atoms with Gasteiger partial charge in [0, 0.05) is 5.56 Å². The highest BCUT2D eigenvalue weighted by Crippen LogP contribution is 2.34. The summed E-state index contributed by atoms with van der Waals surface area (Å²) in [6, 6.07) is 12.8. The molecule has 90 valence electrons. The van der Waals surface area contributed by atoms with Gasteiger partial charge < -0.3 is 4.74 Å². The number of benzene rings is 2. The molecule has 0 heterocycles. The fourth-order valence-corrected chi connectivity index (χ4v) is 2.08. The molecule has 1 heteroatoms. The monoisotopic (exact) mass is 228 g/mol. The zero-order valence-corrected chi connectivity index (χ0v) is 11.1. The maximum atomic E-state index is 5.77. The molecular formula is C16H20O. The van der Waals surface area contributed by atoms with E-state index < -0.39 is 0 Å². The van der Waals surface area contributed by atoms with Crippen LogP contribution in [0.4, 0.5) is 0 Å². The Balaban J connectivity index is 2.66. The Kier molecular flexibility index (Phi) is 3.10. The Hall–Kier alpha value is -1.50. The summed E-state index contributed by atoms with van der Waals surface area (Å²) in [6.07, 6.45) is 0. The van der Waals surface area contributed by atoms with Crippen molar-refractivity contribution in [2.24, 2.45) is 0 Å². The molecule has 0 unspecified atom stereocenters. The van der Waals surface area contributed by atoms with Crippen LogP contribution in [0.15, 0.2) is 36.4 Å². The molecule has 0 aliphatic heterocycles. The first-order chi connectivity index (χ1) is 8.02. The van der Waals surface area contributed by atoms with Crippen molar-refractivity contribution in [3.05, 3.63) is 42.0 Å². The summed E-state index contributed by atoms with van der Waals surface area (Å²) >= 11 is 0. The molecule has 0 spiro atoms. The molecule has 0 aliphatic carbocycles. The molecule has 0 radical (unpaired) electrons. The Morgan fingerprint density at radius 1 is 1.00 bits per heavy atom. The van der Waals surface area contributed by atoms with E-state index in [4.69, 9.17) is 4.74 Å². The van der Waals surface area contributed by atoms with Crippen molar-refractivity contribution in [1.82, 2.24) is 0 Å². The van der Waals surface area contributed by atoms with Crippen LogP contribution in [0.5, 0.6) is 5.75 Å². The maximum Gasteiger partial charge on any atom is 0.123 e. The van der Waals surface area contributed by atoms with Crippen LogP contribution in [0.25, 0.3) is 10.8 Å². The quantitative estimate of drug-likeness (QED) is 0.733. The largest absolute Gasteiger partial charge is 0.494 e. The lowest BCUT2D eigenvalue weighted by atomic mass is 9.85. The molecule has 17 heavy (non-hydrogen) atoms. The fraction of sp³-hybridized carbons (Fsp3) is 0.375. The third kappa shape index (κ3) is 2.44. The van der Waals surface area contributed by atoms with Crippen LogP contribution in [-0.2, 0) is 5.41 Å². The fourth-order valence-electron chi connectivity index (χ4n) is 2.08. The third-order valence-electron chi connectivity index (χ3n) is 2.96. The van der Waals surface area contributed by atoms with E-state index in [0.29, 0.717) is 6.61 Å². The highest BCUT2D eigenvalue weighted by molar-refractivity contribution is 5.85. The van der Waals surface area contributed by atoms with E-state index in [-0.39, 0.29) is 5.41 Å². The molecule has 0 aromatic heterocycles. The number of hydrogen-bond acceptors (Lipinski definition) is 1. The minimum atomic E-state index is 0.106. The Labute approximate surface area is 103 Å². The van der Waals surface area contributed by atoms with Gasteiger partial charge >= 0.3 is 0 Å². The van der Waals surface area contributed by atoms with Crippen molar-refractivity contribution in [3.63, 3.8) is 0 Å². The van der Waals surface area contributed by atoms with Crippen LogP contribution in [0.3, 0.4) is 0 Å². The van der Waals surface area contributed by atoms with Gasteiger partial charge in [0.2, 0.25) is 0 Å². The van der Waals surface area contributed by atoms with Gasteiger partial charge in [-0.1, -0.05) is 45.0 Å². The summed E-state index contributed by atoms with van der Waals surface area (Å²) in [5, 5.41) is 2.52. The van der Waals surface area contributed by atoms with Gasteiger partial charge in [-0.25, -0.2) is 0 Å².